The molecule has 0 aromatic heterocycles. The topological polar surface area (TPSA) is 107 Å². The van der Waals surface area contributed by atoms with Crippen molar-refractivity contribution in [2.45, 2.75) is 0 Å². The van der Waals surface area contributed by atoms with Crippen LogP contribution in [0, 0.1) is 0 Å². The second-order valence-corrected chi connectivity index (χ2v) is 5.07. The maximum atomic E-state index is 11.6. The summed E-state index contributed by atoms with van der Waals surface area (Å²) in [5, 5.41) is 13.3. The second-order valence-electron chi connectivity index (χ2n) is 5.07. The summed E-state index contributed by atoms with van der Waals surface area (Å²) in [6, 6.07) is 18.7. The lowest BCUT2D eigenvalue weighted by Crippen LogP contribution is -2.26. The Hall–Kier alpha value is -3.68. The molecule has 134 valence electrons. The SMILES string of the molecule is O=C(CNc1ccccc1)NN=CC=NNC(=O)CNc1ccccc1. The van der Waals surface area contributed by atoms with Crippen molar-refractivity contribution in [3.63, 3.8) is 0 Å². The normalized spacial score (nSPS) is 10.6. The second kappa shape index (κ2) is 11.0. The summed E-state index contributed by atoms with van der Waals surface area (Å²) in [5.74, 6) is -0.593. The quantitative estimate of drug-likeness (QED) is 0.404. The minimum Gasteiger partial charge on any atom is -0.376 e. The van der Waals surface area contributed by atoms with Gasteiger partial charge in [0.25, 0.3) is 11.8 Å². The average molecular weight is 352 g/mol. The van der Waals surface area contributed by atoms with E-state index >= 15 is 0 Å². The summed E-state index contributed by atoms with van der Waals surface area (Å²) in [6.07, 6.45) is 2.54. The van der Waals surface area contributed by atoms with Crippen molar-refractivity contribution in [3.8, 4) is 0 Å². The number of carbonyl (C=O) groups is 2. The van der Waals surface area contributed by atoms with Crippen LogP contribution in [-0.4, -0.2) is 37.3 Å². The fraction of sp³-hybridized carbons (Fsp3) is 0.111. The molecule has 0 unspecified atom stereocenters. The van der Waals surface area contributed by atoms with Crippen LogP contribution in [0.1, 0.15) is 0 Å². The van der Waals surface area contributed by atoms with Crippen LogP contribution in [0.2, 0.25) is 0 Å². The van der Waals surface area contributed by atoms with E-state index in [1.807, 2.05) is 60.7 Å². The van der Waals surface area contributed by atoms with Gasteiger partial charge >= 0.3 is 0 Å². The van der Waals surface area contributed by atoms with E-state index in [0.717, 1.165) is 11.4 Å². The largest absolute Gasteiger partial charge is 0.376 e. The number of carbonyl (C=O) groups excluding carboxylic acids is 2. The van der Waals surface area contributed by atoms with Gasteiger partial charge in [0.2, 0.25) is 0 Å². The Morgan fingerprint density at radius 2 is 1.08 bits per heavy atom. The van der Waals surface area contributed by atoms with E-state index in [-0.39, 0.29) is 24.9 Å². The molecule has 0 saturated heterocycles. The molecule has 0 bridgehead atoms. The number of benzene rings is 2. The average Bonchev–Trinajstić information content (AvgIpc) is 2.69. The molecule has 0 saturated carbocycles. The highest BCUT2D eigenvalue weighted by Crippen LogP contribution is 2.04. The van der Waals surface area contributed by atoms with Crippen molar-refractivity contribution in [1.29, 1.82) is 0 Å². The molecule has 26 heavy (non-hydrogen) atoms. The Kier molecular flexibility index (Phi) is 7.88. The number of para-hydroxylation sites is 2. The fourth-order valence-electron chi connectivity index (χ4n) is 1.84. The van der Waals surface area contributed by atoms with Gasteiger partial charge in [-0.25, -0.2) is 10.9 Å². The Morgan fingerprint density at radius 1 is 0.692 bits per heavy atom. The number of nitrogens with one attached hydrogen (secondary N) is 4. The first-order valence-electron chi connectivity index (χ1n) is 7.94. The standard InChI is InChI=1S/C18H20N6O2/c25-17(13-19-15-7-3-1-4-8-15)23-21-11-12-22-24-18(26)14-20-16-9-5-2-6-10-16/h1-12,19-20H,13-14H2,(H,23,25)(H,24,26). The number of hydrazone groups is 2. The predicted molar refractivity (Wildman–Crippen MR) is 103 cm³/mol. The van der Waals surface area contributed by atoms with Crippen molar-refractivity contribution in [2.75, 3.05) is 23.7 Å². The minimum atomic E-state index is -0.297. The number of hydrogen-bond donors (Lipinski definition) is 4. The molecule has 0 radical (unpaired) electrons. The van der Waals surface area contributed by atoms with E-state index in [2.05, 4.69) is 31.7 Å². The van der Waals surface area contributed by atoms with E-state index < -0.39 is 0 Å². The molecule has 0 aliphatic carbocycles. The maximum absolute atomic E-state index is 11.6. The zero-order chi connectivity index (χ0) is 18.5. The van der Waals surface area contributed by atoms with Crippen LogP contribution in [0.5, 0.6) is 0 Å². The van der Waals surface area contributed by atoms with Crippen LogP contribution < -0.4 is 21.5 Å². The summed E-state index contributed by atoms with van der Waals surface area (Å²) in [5.41, 5.74) is 6.37. The molecule has 2 aromatic carbocycles. The van der Waals surface area contributed by atoms with E-state index in [1.54, 1.807) is 0 Å². The first-order valence-corrected chi connectivity index (χ1v) is 7.94. The highest BCUT2D eigenvalue weighted by Gasteiger charge is 1.99. The third kappa shape index (κ3) is 7.73. The summed E-state index contributed by atoms with van der Waals surface area (Å²) in [6.45, 7) is 0.195. The van der Waals surface area contributed by atoms with E-state index in [9.17, 15) is 9.59 Å². The highest BCUT2D eigenvalue weighted by molar-refractivity contribution is 6.16. The fourth-order valence-corrected chi connectivity index (χ4v) is 1.84. The summed E-state index contributed by atoms with van der Waals surface area (Å²) >= 11 is 0. The monoisotopic (exact) mass is 352 g/mol. The van der Waals surface area contributed by atoms with Crippen molar-refractivity contribution in [1.82, 2.24) is 10.9 Å². The lowest BCUT2D eigenvalue weighted by atomic mass is 10.3. The van der Waals surface area contributed by atoms with Crippen LogP contribution in [0.4, 0.5) is 11.4 Å². The molecule has 2 rings (SSSR count). The van der Waals surface area contributed by atoms with Gasteiger partial charge in [-0.1, -0.05) is 36.4 Å². The van der Waals surface area contributed by atoms with Crippen molar-refractivity contribution in [3.05, 3.63) is 60.7 Å². The first-order chi connectivity index (χ1) is 12.7. The van der Waals surface area contributed by atoms with Gasteiger partial charge in [0.15, 0.2) is 0 Å². The Morgan fingerprint density at radius 3 is 1.46 bits per heavy atom. The van der Waals surface area contributed by atoms with Gasteiger partial charge in [0, 0.05) is 11.4 Å². The van der Waals surface area contributed by atoms with E-state index in [0.29, 0.717) is 0 Å². The van der Waals surface area contributed by atoms with Crippen molar-refractivity contribution >= 4 is 35.6 Å². The Labute approximate surface area is 151 Å². The van der Waals surface area contributed by atoms with Gasteiger partial charge in [0.1, 0.15) is 0 Å². The number of rotatable bonds is 9. The molecular weight excluding hydrogens is 332 g/mol. The summed E-state index contributed by atoms with van der Waals surface area (Å²) in [4.78, 5) is 23.1. The summed E-state index contributed by atoms with van der Waals surface area (Å²) < 4.78 is 0. The summed E-state index contributed by atoms with van der Waals surface area (Å²) in [7, 11) is 0. The molecule has 2 amide bonds. The maximum Gasteiger partial charge on any atom is 0.259 e. The van der Waals surface area contributed by atoms with E-state index in [1.165, 1.54) is 12.4 Å². The van der Waals surface area contributed by atoms with Gasteiger partial charge in [0.05, 0.1) is 25.5 Å². The Bertz CT molecular complexity index is 681. The van der Waals surface area contributed by atoms with Crippen LogP contribution in [0.3, 0.4) is 0 Å². The van der Waals surface area contributed by atoms with Crippen LogP contribution >= 0.6 is 0 Å². The first kappa shape index (κ1) is 18.7. The number of anilines is 2. The minimum absolute atomic E-state index is 0.0976. The van der Waals surface area contributed by atoms with Gasteiger partial charge in [-0.2, -0.15) is 10.2 Å². The molecule has 0 heterocycles. The number of amides is 2. The van der Waals surface area contributed by atoms with Crippen molar-refractivity contribution < 1.29 is 9.59 Å². The highest BCUT2D eigenvalue weighted by atomic mass is 16.2. The molecule has 0 atom stereocenters. The third-order valence-corrected chi connectivity index (χ3v) is 3.05. The Balaban J connectivity index is 1.57. The predicted octanol–water partition coefficient (Wildman–Crippen LogP) is 1.41. The van der Waals surface area contributed by atoms with Crippen molar-refractivity contribution in [2.24, 2.45) is 10.2 Å². The van der Waals surface area contributed by atoms with Gasteiger partial charge in [-0.3, -0.25) is 9.59 Å². The van der Waals surface area contributed by atoms with E-state index in [4.69, 9.17) is 0 Å². The smallest absolute Gasteiger partial charge is 0.259 e. The molecular formula is C18H20N6O2. The number of hydrogen-bond acceptors (Lipinski definition) is 6. The lowest BCUT2D eigenvalue weighted by molar-refractivity contribution is -0.120. The lowest BCUT2D eigenvalue weighted by Gasteiger charge is -2.04. The molecule has 0 fully saturated rings. The molecule has 0 spiro atoms. The number of nitrogens with zero attached hydrogens (tertiary/aromatic N) is 2. The molecule has 8 heteroatoms. The third-order valence-electron chi connectivity index (χ3n) is 3.05. The van der Waals surface area contributed by atoms with Crippen LogP contribution in [0.25, 0.3) is 0 Å². The van der Waals surface area contributed by atoms with Gasteiger partial charge < -0.3 is 10.6 Å². The van der Waals surface area contributed by atoms with Gasteiger partial charge in [-0.15, -0.1) is 0 Å². The molecule has 8 nitrogen and oxygen atoms in total. The molecule has 0 aliphatic rings. The zero-order valence-corrected chi connectivity index (χ0v) is 14.1. The zero-order valence-electron chi connectivity index (χ0n) is 14.1. The molecule has 4 N–H and O–H groups in total. The molecule has 2 aromatic rings. The van der Waals surface area contributed by atoms with Crippen LogP contribution in [0.15, 0.2) is 70.9 Å². The van der Waals surface area contributed by atoms with Gasteiger partial charge in [-0.05, 0) is 24.3 Å². The van der Waals surface area contributed by atoms with Crippen LogP contribution in [-0.2, 0) is 9.59 Å². The molecule has 0 aliphatic heterocycles.